The van der Waals surface area contributed by atoms with E-state index in [0.717, 1.165) is 33.8 Å². The molecule has 0 bridgehead atoms. The lowest BCUT2D eigenvalue weighted by molar-refractivity contribution is 0.332. The largest absolute Gasteiger partial charge is 0.492 e. The number of nitrogens with one attached hydrogen (secondary N) is 2. The minimum atomic E-state index is 0.498. The van der Waals surface area contributed by atoms with Crippen LogP contribution in [0.2, 0.25) is 0 Å². The van der Waals surface area contributed by atoms with Crippen LogP contribution < -0.4 is 15.4 Å². The number of aliphatic imine (C=N–C) groups is 1. The number of allylic oxidation sites excluding steroid dienone is 2. The van der Waals surface area contributed by atoms with Gasteiger partial charge in [0.1, 0.15) is 18.2 Å². The Hall–Kier alpha value is -4.00. The summed E-state index contributed by atoms with van der Waals surface area (Å²) in [5.74, 6) is 2.05. The molecular formula is C23H22N6O. The van der Waals surface area contributed by atoms with Crippen LogP contribution >= 0.6 is 0 Å². The molecule has 0 amide bonds. The van der Waals surface area contributed by atoms with Gasteiger partial charge in [0.05, 0.1) is 24.1 Å². The minimum absolute atomic E-state index is 0.498. The van der Waals surface area contributed by atoms with Crippen molar-refractivity contribution < 1.29 is 4.74 Å². The predicted octanol–water partition coefficient (Wildman–Crippen LogP) is 4.05. The smallest absolute Gasteiger partial charge is 0.223 e. The van der Waals surface area contributed by atoms with Gasteiger partial charge in [0, 0.05) is 36.1 Å². The highest BCUT2D eigenvalue weighted by molar-refractivity contribution is 6.31. The van der Waals surface area contributed by atoms with Gasteiger partial charge in [0.15, 0.2) is 0 Å². The Morgan fingerprint density at radius 3 is 2.83 bits per heavy atom. The normalized spacial score (nSPS) is 15.0. The van der Waals surface area contributed by atoms with Gasteiger partial charge >= 0.3 is 0 Å². The second kappa shape index (κ2) is 9.00. The molecule has 2 aromatic heterocycles. The lowest BCUT2D eigenvalue weighted by atomic mass is 10.0. The van der Waals surface area contributed by atoms with E-state index in [-0.39, 0.29) is 0 Å². The van der Waals surface area contributed by atoms with E-state index in [1.807, 2.05) is 48.7 Å². The summed E-state index contributed by atoms with van der Waals surface area (Å²) in [7, 11) is 1.74. The van der Waals surface area contributed by atoms with Crippen molar-refractivity contribution in [2.24, 2.45) is 4.99 Å². The number of pyridine rings is 1. The Balaban J connectivity index is 1.61. The number of rotatable bonds is 6. The van der Waals surface area contributed by atoms with Gasteiger partial charge in [-0.25, -0.2) is 9.97 Å². The van der Waals surface area contributed by atoms with E-state index in [0.29, 0.717) is 24.9 Å². The van der Waals surface area contributed by atoms with Crippen molar-refractivity contribution in [3.8, 4) is 16.9 Å². The quantitative estimate of drug-likeness (QED) is 0.610. The Morgan fingerprint density at radius 1 is 1.17 bits per heavy atom. The van der Waals surface area contributed by atoms with Crippen LogP contribution in [0.4, 0.5) is 11.6 Å². The molecule has 0 fully saturated rings. The molecular weight excluding hydrogens is 376 g/mol. The fourth-order valence-corrected chi connectivity index (χ4v) is 3.21. The Labute approximate surface area is 175 Å². The average Bonchev–Trinajstić information content (AvgIpc) is 2.92. The molecule has 0 aliphatic carbocycles. The van der Waals surface area contributed by atoms with Gasteiger partial charge < -0.3 is 15.4 Å². The van der Waals surface area contributed by atoms with E-state index >= 15 is 0 Å². The molecule has 3 aromatic rings. The zero-order chi connectivity index (χ0) is 20.8. The Morgan fingerprint density at radius 2 is 2.03 bits per heavy atom. The standard InChI is InChI=1S/C23H22N6O/c1-3-7-18-21-19(17-10-11-25-15-20(17)28-22(18)24-2)14-27-23(29-21)26-12-13-30-16-8-5-4-6-9-16/h3-11,14-15H,1,12-13H2,2H3,(H,24,28)(H,26,27,29)/b18-7-. The van der Waals surface area contributed by atoms with Crippen LogP contribution in [0.15, 0.2) is 78.7 Å². The number of para-hydroxylation sites is 1. The van der Waals surface area contributed by atoms with Gasteiger partial charge in [-0.15, -0.1) is 0 Å². The Bertz CT molecular complexity index is 1110. The summed E-state index contributed by atoms with van der Waals surface area (Å²) in [5.41, 5.74) is 4.33. The van der Waals surface area contributed by atoms with Crippen LogP contribution in [0.25, 0.3) is 16.7 Å². The van der Waals surface area contributed by atoms with Gasteiger partial charge in [-0.2, -0.15) is 0 Å². The van der Waals surface area contributed by atoms with Crippen molar-refractivity contribution in [1.29, 1.82) is 0 Å². The van der Waals surface area contributed by atoms with Crippen molar-refractivity contribution in [2.45, 2.75) is 0 Å². The number of benzene rings is 1. The maximum absolute atomic E-state index is 5.72. The fourth-order valence-electron chi connectivity index (χ4n) is 3.21. The van der Waals surface area contributed by atoms with E-state index in [4.69, 9.17) is 9.72 Å². The Kier molecular flexibility index (Phi) is 5.80. The first kappa shape index (κ1) is 19.3. The molecule has 0 spiro atoms. The number of anilines is 2. The SMILES string of the molecule is C=C/C=C1\C(=NC)Nc2cnccc2-c2cnc(NCCOc3ccccc3)nc21. The monoisotopic (exact) mass is 398 g/mol. The maximum Gasteiger partial charge on any atom is 0.223 e. The summed E-state index contributed by atoms with van der Waals surface area (Å²) >= 11 is 0. The molecule has 1 aliphatic heterocycles. The van der Waals surface area contributed by atoms with Crippen LogP contribution in [-0.2, 0) is 0 Å². The first-order chi connectivity index (χ1) is 14.8. The predicted molar refractivity (Wildman–Crippen MR) is 121 cm³/mol. The summed E-state index contributed by atoms with van der Waals surface area (Å²) in [6.45, 7) is 4.91. The first-order valence-electron chi connectivity index (χ1n) is 9.60. The van der Waals surface area contributed by atoms with Crippen LogP contribution in [0.3, 0.4) is 0 Å². The van der Waals surface area contributed by atoms with Crippen LogP contribution in [-0.4, -0.2) is 41.0 Å². The number of nitrogens with zero attached hydrogens (tertiary/aromatic N) is 4. The van der Waals surface area contributed by atoms with Gasteiger partial charge in [0.2, 0.25) is 5.95 Å². The molecule has 0 saturated carbocycles. The highest BCUT2D eigenvalue weighted by Crippen LogP contribution is 2.36. The number of hydrogen-bond acceptors (Lipinski definition) is 6. The maximum atomic E-state index is 5.72. The molecule has 7 heteroatoms. The second-order valence-electron chi connectivity index (χ2n) is 6.48. The van der Waals surface area contributed by atoms with E-state index in [2.05, 4.69) is 32.2 Å². The van der Waals surface area contributed by atoms with Gasteiger partial charge in [-0.3, -0.25) is 9.98 Å². The number of fused-ring (bicyclic) bond motifs is 3. The minimum Gasteiger partial charge on any atom is -0.492 e. The summed E-state index contributed by atoms with van der Waals surface area (Å²) in [6, 6.07) is 11.6. The number of hydrogen-bond donors (Lipinski definition) is 2. The van der Waals surface area contributed by atoms with Crippen molar-refractivity contribution >= 4 is 23.0 Å². The third kappa shape index (κ3) is 4.05. The molecule has 2 N–H and O–H groups in total. The van der Waals surface area contributed by atoms with Gasteiger partial charge in [0.25, 0.3) is 0 Å². The molecule has 1 aromatic carbocycles. The molecule has 0 atom stereocenters. The third-order valence-corrected chi connectivity index (χ3v) is 4.57. The second-order valence-corrected chi connectivity index (χ2v) is 6.48. The molecule has 150 valence electrons. The summed E-state index contributed by atoms with van der Waals surface area (Å²) in [5, 5.41) is 6.58. The summed E-state index contributed by atoms with van der Waals surface area (Å²) in [6.07, 6.45) is 8.96. The number of amidine groups is 1. The van der Waals surface area contributed by atoms with Crippen molar-refractivity contribution in [1.82, 2.24) is 15.0 Å². The number of ether oxygens (including phenoxy) is 1. The summed E-state index contributed by atoms with van der Waals surface area (Å²) in [4.78, 5) is 17.9. The molecule has 0 saturated heterocycles. The molecule has 1 aliphatic rings. The fraction of sp³-hybridized carbons (Fsp3) is 0.130. The molecule has 0 unspecified atom stereocenters. The van der Waals surface area contributed by atoms with E-state index in [1.165, 1.54) is 0 Å². The van der Waals surface area contributed by atoms with Gasteiger partial charge in [-0.05, 0) is 24.3 Å². The van der Waals surface area contributed by atoms with Crippen molar-refractivity contribution in [3.63, 3.8) is 0 Å². The van der Waals surface area contributed by atoms with E-state index < -0.39 is 0 Å². The first-order valence-corrected chi connectivity index (χ1v) is 9.60. The highest BCUT2D eigenvalue weighted by atomic mass is 16.5. The van der Waals surface area contributed by atoms with Crippen LogP contribution in [0.1, 0.15) is 5.69 Å². The zero-order valence-corrected chi connectivity index (χ0v) is 16.7. The van der Waals surface area contributed by atoms with E-state index in [9.17, 15) is 0 Å². The van der Waals surface area contributed by atoms with Crippen LogP contribution in [0, 0.1) is 0 Å². The molecule has 4 rings (SSSR count). The topological polar surface area (TPSA) is 84.3 Å². The van der Waals surface area contributed by atoms with Crippen molar-refractivity contribution in [2.75, 3.05) is 30.8 Å². The highest BCUT2D eigenvalue weighted by Gasteiger charge is 2.23. The average molecular weight is 398 g/mol. The molecule has 3 heterocycles. The molecule has 0 radical (unpaired) electrons. The lowest BCUT2D eigenvalue weighted by Crippen LogP contribution is -2.16. The van der Waals surface area contributed by atoms with Crippen molar-refractivity contribution in [3.05, 3.63) is 79.4 Å². The van der Waals surface area contributed by atoms with E-state index in [1.54, 1.807) is 25.5 Å². The third-order valence-electron chi connectivity index (χ3n) is 4.57. The molecule has 7 nitrogen and oxygen atoms in total. The van der Waals surface area contributed by atoms with Gasteiger partial charge in [-0.1, -0.05) is 30.9 Å². The molecule has 30 heavy (non-hydrogen) atoms. The number of aromatic nitrogens is 3. The zero-order valence-electron chi connectivity index (χ0n) is 16.7. The lowest BCUT2D eigenvalue weighted by Gasteiger charge is -2.12. The summed E-state index contributed by atoms with van der Waals surface area (Å²) < 4.78 is 5.72. The van der Waals surface area contributed by atoms with Crippen LogP contribution in [0.5, 0.6) is 5.75 Å².